The molecule has 1 aliphatic heterocycles. The summed E-state index contributed by atoms with van der Waals surface area (Å²) in [6.07, 6.45) is 3.66. The molecule has 0 saturated carbocycles. The Hall–Kier alpha value is -1.75. The van der Waals surface area contributed by atoms with Gasteiger partial charge < -0.3 is 10.1 Å². The third-order valence-electron chi connectivity index (χ3n) is 3.94. The zero-order valence-corrected chi connectivity index (χ0v) is 12.9. The van der Waals surface area contributed by atoms with Gasteiger partial charge in [0.15, 0.2) is 0 Å². The molecule has 1 aliphatic rings. The second kappa shape index (κ2) is 8.03. The Labute approximate surface area is 132 Å². The van der Waals surface area contributed by atoms with Gasteiger partial charge in [-0.05, 0) is 28.8 Å². The number of benzene rings is 1. The van der Waals surface area contributed by atoms with Crippen molar-refractivity contribution in [2.24, 2.45) is 0 Å². The highest BCUT2D eigenvalue weighted by atomic mass is 16.5. The Balaban J connectivity index is 1.44. The third-order valence-corrected chi connectivity index (χ3v) is 3.94. The summed E-state index contributed by atoms with van der Waals surface area (Å²) in [6.45, 7) is 6.57. The molecule has 1 N–H and O–H groups in total. The summed E-state index contributed by atoms with van der Waals surface area (Å²) in [5.41, 5.74) is 3.96. The molecule has 1 aromatic heterocycles. The molecule has 1 fully saturated rings. The van der Waals surface area contributed by atoms with Gasteiger partial charge >= 0.3 is 0 Å². The summed E-state index contributed by atoms with van der Waals surface area (Å²) < 4.78 is 5.38. The van der Waals surface area contributed by atoms with E-state index in [1.807, 2.05) is 24.5 Å². The average molecular weight is 297 g/mol. The number of nitrogens with one attached hydrogen (secondary N) is 1. The molecule has 4 heteroatoms. The third kappa shape index (κ3) is 4.63. The van der Waals surface area contributed by atoms with Crippen molar-refractivity contribution in [1.29, 1.82) is 0 Å². The number of aromatic nitrogens is 1. The van der Waals surface area contributed by atoms with Crippen LogP contribution in [-0.4, -0.2) is 36.2 Å². The Bertz CT molecular complexity index is 550. The molecule has 22 heavy (non-hydrogen) atoms. The van der Waals surface area contributed by atoms with Gasteiger partial charge in [0.2, 0.25) is 0 Å². The molecule has 0 amide bonds. The highest BCUT2D eigenvalue weighted by Crippen LogP contribution is 2.09. The van der Waals surface area contributed by atoms with E-state index in [0.29, 0.717) is 0 Å². The molecule has 0 radical (unpaired) electrons. The van der Waals surface area contributed by atoms with Gasteiger partial charge in [-0.3, -0.25) is 9.88 Å². The lowest BCUT2D eigenvalue weighted by Crippen LogP contribution is -2.35. The molecule has 0 unspecified atom stereocenters. The molecular weight excluding hydrogens is 274 g/mol. The molecular formula is C18H23N3O. The van der Waals surface area contributed by atoms with Crippen LogP contribution in [-0.2, 0) is 24.4 Å². The van der Waals surface area contributed by atoms with Gasteiger partial charge in [-0.15, -0.1) is 0 Å². The minimum atomic E-state index is 0.858. The van der Waals surface area contributed by atoms with Gasteiger partial charge in [0.25, 0.3) is 0 Å². The maximum atomic E-state index is 5.38. The van der Waals surface area contributed by atoms with Crippen molar-refractivity contribution in [3.05, 3.63) is 65.5 Å². The monoisotopic (exact) mass is 297 g/mol. The number of pyridine rings is 1. The lowest BCUT2D eigenvalue weighted by atomic mass is 10.1. The van der Waals surface area contributed by atoms with Crippen LogP contribution < -0.4 is 5.32 Å². The predicted molar refractivity (Wildman–Crippen MR) is 87.3 cm³/mol. The number of ether oxygens (including phenoxy) is 1. The lowest BCUT2D eigenvalue weighted by molar-refractivity contribution is 0.0342. The summed E-state index contributed by atoms with van der Waals surface area (Å²) in [5.74, 6) is 0. The fourth-order valence-electron chi connectivity index (χ4n) is 2.63. The van der Waals surface area contributed by atoms with Crippen LogP contribution in [0.25, 0.3) is 0 Å². The summed E-state index contributed by atoms with van der Waals surface area (Å²) in [4.78, 5) is 6.47. The van der Waals surface area contributed by atoms with Gasteiger partial charge in [-0.25, -0.2) is 0 Å². The summed E-state index contributed by atoms with van der Waals surface area (Å²) in [6, 6.07) is 13.0. The fraction of sp³-hybridized carbons (Fsp3) is 0.389. The predicted octanol–water partition coefficient (Wildman–Crippen LogP) is 2.20. The molecule has 116 valence electrons. The van der Waals surface area contributed by atoms with Crippen LogP contribution in [0, 0.1) is 0 Å². The first-order valence-electron chi connectivity index (χ1n) is 7.88. The minimum Gasteiger partial charge on any atom is -0.379 e. The van der Waals surface area contributed by atoms with Crippen LogP contribution in [0.5, 0.6) is 0 Å². The molecule has 2 aromatic rings. The summed E-state index contributed by atoms with van der Waals surface area (Å²) >= 11 is 0. The van der Waals surface area contributed by atoms with Crippen LogP contribution in [0.4, 0.5) is 0 Å². The van der Waals surface area contributed by atoms with Crippen LogP contribution >= 0.6 is 0 Å². The second-order valence-electron chi connectivity index (χ2n) is 5.66. The number of hydrogen-bond acceptors (Lipinski definition) is 4. The van der Waals surface area contributed by atoms with Crippen molar-refractivity contribution in [3.8, 4) is 0 Å². The maximum Gasteiger partial charge on any atom is 0.0594 e. The van der Waals surface area contributed by atoms with Crippen molar-refractivity contribution in [3.63, 3.8) is 0 Å². The highest BCUT2D eigenvalue weighted by molar-refractivity contribution is 5.22. The smallest absolute Gasteiger partial charge is 0.0594 e. The maximum absolute atomic E-state index is 5.38. The van der Waals surface area contributed by atoms with Crippen LogP contribution in [0.1, 0.15) is 16.7 Å². The molecule has 4 nitrogen and oxygen atoms in total. The van der Waals surface area contributed by atoms with E-state index in [9.17, 15) is 0 Å². The van der Waals surface area contributed by atoms with E-state index in [4.69, 9.17) is 4.74 Å². The van der Waals surface area contributed by atoms with Crippen LogP contribution in [0.15, 0.2) is 48.8 Å². The van der Waals surface area contributed by atoms with Gasteiger partial charge in [-0.2, -0.15) is 0 Å². The van der Waals surface area contributed by atoms with Crippen molar-refractivity contribution >= 4 is 0 Å². The van der Waals surface area contributed by atoms with E-state index in [2.05, 4.69) is 39.5 Å². The Kier molecular flexibility index (Phi) is 5.54. The Morgan fingerprint density at radius 3 is 2.14 bits per heavy atom. The van der Waals surface area contributed by atoms with Gasteiger partial charge in [-0.1, -0.05) is 24.3 Å². The number of morpholine rings is 1. The lowest BCUT2D eigenvalue weighted by Gasteiger charge is -2.26. The molecule has 0 bridgehead atoms. The van der Waals surface area contributed by atoms with Crippen molar-refractivity contribution in [1.82, 2.24) is 15.2 Å². The van der Waals surface area contributed by atoms with E-state index in [1.54, 1.807) is 0 Å². The van der Waals surface area contributed by atoms with E-state index in [1.165, 1.54) is 16.7 Å². The molecule has 3 rings (SSSR count). The zero-order chi connectivity index (χ0) is 15.0. The summed E-state index contributed by atoms with van der Waals surface area (Å²) in [5, 5.41) is 3.46. The molecule has 1 saturated heterocycles. The van der Waals surface area contributed by atoms with Crippen molar-refractivity contribution in [2.75, 3.05) is 26.3 Å². The largest absolute Gasteiger partial charge is 0.379 e. The first-order valence-corrected chi connectivity index (χ1v) is 7.88. The Morgan fingerprint density at radius 1 is 0.864 bits per heavy atom. The van der Waals surface area contributed by atoms with E-state index in [0.717, 1.165) is 45.9 Å². The summed E-state index contributed by atoms with van der Waals surface area (Å²) in [7, 11) is 0. The van der Waals surface area contributed by atoms with E-state index >= 15 is 0 Å². The van der Waals surface area contributed by atoms with Crippen LogP contribution in [0.3, 0.4) is 0 Å². The van der Waals surface area contributed by atoms with Gasteiger partial charge in [0.1, 0.15) is 0 Å². The first kappa shape index (κ1) is 15.2. The van der Waals surface area contributed by atoms with E-state index in [-0.39, 0.29) is 0 Å². The highest BCUT2D eigenvalue weighted by Gasteiger charge is 2.10. The Morgan fingerprint density at radius 2 is 1.45 bits per heavy atom. The first-order chi connectivity index (χ1) is 10.9. The second-order valence-corrected chi connectivity index (χ2v) is 5.66. The number of hydrogen-bond donors (Lipinski definition) is 1. The topological polar surface area (TPSA) is 37.4 Å². The quantitative estimate of drug-likeness (QED) is 0.887. The SMILES string of the molecule is c1cc(CNCc2ccc(CN3CCOCC3)cc2)ccn1. The standard InChI is InChI=1S/C18H23N3O/c1-3-18(15-21-9-11-22-12-10-21)4-2-16(1)13-20-14-17-5-7-19-8-6-17/h1-8,20H,9-15H2. The molecule has 2 heterocycles. The van der Waals surface area contributed by atoms with Crippen molar-refractivity contribution < 1.29 is 4.74 Å². The number of rotatable bonds is 6. The number of nitrogens with zero attached hydrogens (tertiary/aromatic N) is 2. The van der Waals surface area contributed by atoms with Gasteiger partial charge in [0, 0.05) is 45.1 Å². The van der Waals surface area contributed by atoms with Gasteiger partial charge in [0.05, 0.1) is 13.2 Å². The van der Waals surface area contributed by atoms with Crippen molar-refractivity contribution in [2.45, 2.75) is 19.6 Å². The molecule has 0 aliphatic carbocycles. The van der Waals surface area contributed by atoms with Crippen LogP contribution in [0.2, 0.25) is 0 Å². The molecule has 1 aromatic carbocycles. The fourth-order valence-corrected chi connectivity index (χ4v) is 2.63. The minimum absolute atomic E-state index is 0.858. The van der Waals surface area contributed by atoms with E-state index < -0.39 is 0 Å². The normalized spacial score (nSPS) is 15.8. The zero-order valence-electron chi connectivity index (χ0n) is 12.9. The molecule has 0 atom stereocenters. The average Bonchev–Trinajstić information content (AvgIpc) is 2.58. The molecule has 0 spiro atoms.